The standard InChI is InChI=1S/C19H17N3O3S/c1-25-16-6-4-5-15(13-16)22-26(24)17-10-8-14(9-11-17)21-19(23)18-7-2-3-12-20-18/h2-13,22H,1H3,(H,21,23). The van der Waals surface area contributed by atoms with Crippen molar-refractivity contribution in [1.82, 2.24) is 4.98 Å². The number of nitrogens with zero attached hydrogens (tertiary/aromatic N) is 1. The highest BCUT2D eigenvalue weighted by Crippen LogP contribution is 2.20. The summed E-state index contributed by atoms with van der Waals surface area (Å²) in [6.45, 7) is 0. The van der Waals surface area contributed by atoms with E-state index in [2.05, 4.69) is 15.0 Å². The van der Waals surface area contributed by atoms with Gasteiger partial charge in [-0.3, -0.25) is 9.78 Å². The van der Waals surface area contributed by atoms with Gasteiger partial charge in [0.2, 0.25) is 0 Å². The predicted octanol–water partition coefficient (Wildman–Crippen LogP) is 3.48. The molecular weight excluding hydrogens is 350 g/mol. The number of carbonyl (C=O) groups excluding carboxylic acids is 1. The van der Waals surface area contributed by atoms with Gasteiger partial charge in [-0.1, -0.05) is 12.1 Å². The first-order valence-electron chi connectivity index (χ1n) is 7.80. The van der Waals surface area contributed by atoms with Crippen LogP contribution in [0.3, 0.4) is 0 Å². The van der Waals surface area contributed by atoms with E-state index in [4.69, 9.17) is 4.74 Å². The zero-order valence-electron chi connectivity index (χ0n) is 14.0. The van der Waals surface area contributed by atoms with Crippen molar-refractivity contribution in [2.45, 2.75) is 4.90 Å². The molecule has 0 spiro atoms. The van der Waals surface area contributed by atoms with E-state index in [1.165, 1.54) is 0 Å². The van der Waals surface area contributed by atoms with Gasteiger partial charge in [-0.25, -0.2) is 4.21 Å². The highest BCUT2D eigenvalue weighted by atomic mass is 32.2. The molecule has 2 N–H and O–H groups in total. The molecule has 1 amide bonds. The summed E-state index contributed by atoms with van der Waals surface area (Å²) < 4.78 is 20.5. The summed E-state index contributed by atoms with van der Waals surface area (Å²) in [6.07, 6.45) is 1.56. The Hall–Kier alpha value is -3.19. The second kappa shape index (κ2) is 8.26. The first-order chi connectivity index (χ1) is 12.7. The number of aromatic nitrogens is 1. The summed E-state index contributed by atoms with van der Waals surface area (Å²) in [7, 11) is 0.145. The molecule has 0 aliphatic rings. The average molecular weight is 367 g/mol. The number of ether oxygens (including phenoxy) is 1. The number of hydrogen-bond acceptors (Lipinski definition) is 4. The normalized spacial score (nSPS) is 11.4. The third-order valence-corrected chi connectivity index (χ3v) is 4.63. The zero-order valence-corrected chi connectivity index (χ0v) is 14.8. The van der Waals surface area contributed by atoms with Crippen LogP contribution in [0.4, 0.5) is 11.4 Å². The van der Waals surface area contributed by atoms with Crippen LogP contribution in [0.25, 0.3) is 0 Å². The van der Waals surface area contributed by atoms with Crippen LogP contribution in [0.1, 0.15) is 10.5 Å². The van der Waals surface area contributed by atoms with Crippen molar-refractivity contribution in [3.63, 3.8) is 0 Å². The molecule has 1 atom stereocenters. The minimum Gasteiger partial charge on any atom is -0.497 e. The molecule has 3 rings (SSSR count). The maximum Gasteiger partial charge on any atom is 0.274 e. The summed E-state index contributed by atoms with van der Waals surface area (Å²) >= 11 is 0. The Balaban J connectivity index is 1.65. The molecule has 0 bridgehead atoms. The van der Waals surface area contributed by atoms with Gasteiger partial charge in [-0.05, 0) is 48.5 Å². The third-order valence-electron chi connectivity index (χ3n) is 3.50. The first kappa shape index (κ1) is 17.6. The van der Waals surface area contributed by atoms with Crippen molar-refractivity contribution in [2.75, 3.05) is 17.1 Å². The Morgan fingerprint density at radius 3 is 2.50 bits per heavy atom. The molecule has 2 aromatic carbocycles. The summed E-state index contributed by atoms with van der Waals surface area (Å²) in [5, 5.41) is 2.75. The van der Waals surface area contributed by atoms with Crippen LogP contribution in [0.5, 0.6) is 5.75 Å². The topological polar surface area (TPSA) is 80.3 Å². The summed E-state index contributed by atoms with van der Waals surface area (Å²) in [5.41, 5.74) is 1.62. The van der Waals surface area contributed by atoms with Gasteiger partial charge in [0.25, 0.3) is 5.91 Å². The number of amides is 1. The molecule has 132 valence electrons. The lowest BCUT2D eigenvalue weighted by Gasteiger charge is -2.09. The summed E-state index contributed by atoms with van der Waals surface area (Å²) in [5.74, 6) is 0.383. The van der Waals surface area contributed by atoms with E-state index in [0.29, 0.717) is 27.7 Å². The second-order valence-electron chi connectivity index (χ2n) is 5.30. The van der Waals surface area contributed by atoms with E-state index in [-0.39, 0.29) is 5.91 Å². The predicted molar refractivity (Wildman–Crippen MR) is 102 cm³/mol. The van der Waals surface area contributed by atoms with Gasteiger partial charge >= 0.3 is 0 Å². The largest absolute Gasteiger partial charge is 0.497 e. The molecule has 6 nitrogen and oxygen atoms in total. The van der Waals surface area contributed by atoms with E-state index >= 15 is 0 Å². The SMILES string of the molecule is COc1cccc(NS(=O)c2ccc(NC(=O)c3ccccn3)cc2)c1. The van der Waals surface area contributed by atoms with E-state index < -0.39 is 11.0 Å². The Labute approximate surface area is 153 Å². The molecule has 0 saturated heterocycles. The maximum absolute atomic E-state index is 12.4. The number of pyridine rings is 1. The summed E-state index contributed by atoms with van der Waals surface area (Å²) in [4.78, 5) is 16.7. The highest BCUT2D eigenvalue weighted by molar-refractivity contribution is 7.86. The molecule has 1 aromatic heterocycles. The van der Waals surface area contributed by atoms with E-state index in [1.54, 1.807) is 61.8 Å². The number of hydrogen-bond donors (Lipinski definition) is 2. The van der Waals surface area contributed by atoms with Crippen LogP contribution in [-0.2, 0) is 11.0 Å². The monoisotopic (exact) mass is 367 g/mol. The lowest BCUT2D eigenvalue weighted by atomic mass is 10.3. The number of nitrogens with one attached hydrogen (secondary N) is 2. The van der Waals surface area contributed by atoms with E-state index in [0.717, 1.165) is 0 Å². The molecule has 0 fully saturated rings. The smallest absolute Gasteiger partial charge is 0.274 e. The minimum atomic E-state index is -1.43. The van der Waals surface area contributed by atoms with Crippen molar-refractivity contribution in [3.8, 4) is 5.75 Å². The fraction of sp³-hybridized carbons (Fsp3) is 0.0526. The molecular formula is C19H17N3O3S. The zero-order chi connectivity index (χ0) is 18.4. The Kier molecular flexibility index (Phi) is 5.60. The van der Waals surface area contributed by atoms with E-state index in [9.17, 15) is 9.00 Å². The lowest BCUT2D eigenvalue weighted by Crippen LogP contribution is -2.13. The quantitative estimate of drug-likeness (QED) is 0.699. The van der Waals surface area contributed by atoms with E-state index in [1.807, 2.05) is 18.2 Å². The van der Waals surface area contributed by atoms with Crippen LogP contribution in [0, 0.1) is 0 Å². The molecule has 1 unspecified atom stereocenters. The van der Waals surface area contributed by atoms with Crippen molar-refractivity contribution >= 4 is 28.3 Å². The van der Waals surface area contributed by atoms with Crippen LogP contribution in [0.15, 0.2) is 77.8 Å². The van der Waals surface area contributed by atoms with Gasteiger partial charge in [0, 0.05) is 18.0 Å². The van der Waals surface area contributed by atoms with Gasteiger partial charge in [0.1, 0.15) is 22.4 Å². The highest BCUT2D eigenvalue weighted by Gasteiger charge is 2.08. The number of anilines is 2. The fourth-order valence-electron chi connectivity index (χ4n) is 2.21. The molecule has 26 heavy (non-hydrogen) atoms. The molecule has 7 heteroatoms. The fourth-order valence-corrected chi connectivity index (χ4v) is 3.05. The Bertz CT molecular complexity index is 915. The molecule has 0 aliphatic carbocycles. The Morgan fingerprint density at radius 2 is 1.81 bits per heavy atom. The second-order valence-corrected chi connectivity index (χ2v) is 6.51. The number of rotatable bonds is 6. The van der Waals surface area contributed by atoms with Gasteiger partial charge in [-0.15, -0.1) is 0 Å². The first-order valence-corrected chi connectivity index (χ1v) is 8.95. The minimum absolute atomic E-state index is 0.297. The van der Waals surface area contributed by atoms with Gasteiger partial charge < -0.3 is 14.8 Å². The van der Waals surface area contributed by atoms with Crippen molar-refractivity contribution in [2.24, 2.45) is 0 Å². The van der Waals surface area contributed by atoms with Crippen LogP contribution in [-0.4, -0.2) is 22.2 Å². The number of benzene rings is 2. The summed E-state index contributed by atoms with van der Waals surface area (Å²) in [6, 6.07) is 19.1. The van der Waals surface area contributed by atoms with Crippen molar-refractivity contribution in [3.05, 3.63) is 78.6 Å². The van der Waals surface area contributed by atoms with Crippen LogP contribution < -0.4 is 14.8 Å². The number of carbonyl (C=O) groups is 1. The van der Waals surface area contributed by atoms with Crippen molar-refractivity contribution < 1.29 is 13.7 Å². The van der Waals surface area contributed by atoms with Gasteiger partial charge in [0.15, 0.2) is 0 Å². The Morgan fingerprint density at radius 1 is 1.00 bits per heavy atom. The number of methoxy groups -OCH3 is 1. The molecule has 0 aliphatic heterocycles. The maximum atomic E-state index is 12.4. The lowest BCUT2D eigenvalue weighted by molar-refractivity contribution is 0.102. The van der Waals surface area contributed by atoms with Crippen molar-refractivity contribution in [1.29, 1.82) is 0 Å². The van der Waals surface area contributed by atoms with Crippen LogP contribution >= 0.6 is 0 Å². The third kappa shape index (κ3) is 4.46. The average Bonchev–Trinajstić information content (AvgIpc) is 2.69. The van der Waals surface area contributed by atoms with Crippen LogP contribution in [0.2, 0.25) is 0 Å². The molecule has 0 saturated carbocycles. The molecule has 3 aromatic rings. The van der Waals surface area contributed by atoms with Gasteiger partial charge in [0.05, 0.1) is 17.7 Å². The molecule has 1 heterocycles. The molecule has 0 radical (unpaired) electrons. The van der Waals surface area contributed by atoms with Gasteiger partial charge in [-0.2, -0.15) is 0 Å².